The third-order valence-electron chi connectivity index (χ3n) is 2.46. The Balaban J connectivity index is 0.000000462. The quantitative estimate of drug-likeness (QED) is 0.603. The first-order valence-electron chi connectivity index (χ1n) is 6.54. The molecule has 3 aromatic rings. The number of fused-ring (bicyclic) bond motifs is 1. The molecule has 3 heteroatoms. The minimum absolute atomic E-state index is 0. The molecule has 106 valence electrons. The minimum Gasteiger partial charge on any atom is -0.446 e. The standard InChI is InChI=1S/C14H10OS.C3H8.H3N/c1-2-7-12-11(5-1)6-3-8-13(12)15-14-9-4-10-16-14;1-3-2;/h1-10H;3H2,1-2H3;1H3. The number of rotatable bonds is 2. The van der Waals surface area contributed by atoms with E-state index in [1.165, 1.54) is 11.8 Å². The van der Waals surface area contributed by atoms with Crippen LogP contribution in [0.5, 0.6) is 10.8 Å². The molecule has 3 rings (SSSR count). The molecule has 0 fully saturated rings. The molecule has 0 aliphatic heterocycles. The highest BCUT2D eigenvalue weighted by Gasteiger charge is 2.02. The molecule has 2 nitrogen and oxygen atoms in total. The van der Waals surface area contributed by atoms with Crippen molar-refractivity contribution in [2.45, 2.75) is 20.3 Å². The Hall–Kier alpha value is -1.84. The van der Waals surface area contributed by atoms with Gasteiger partial charge in [0.15, 0.2) is 5.06 Å². The van der Waals surface area contributed by atoms with Crippen molar-refractivity contribution < 1.29 is 4.74 Å². The largest absolute Gasteiger partial charge is 0.446 e. The van der Waals surface area contributed by atoms with Crippen LogP contribution in [0.3, 0.4) is 0 Å². The Bertz CT molecular complexity index is 614. The fourth-order valence-corrected chi connectivity index (χ4v) is 2.30. The molecule has 0 unspecified atom stereocenters. The first-order chi connectivity index (χ1) is 9.35. The number of ether oxygens (including phenoxy) is 1. The van der Waals surface area contributed by atoms with Crippen LogP contribution in [0, 0.1) is 0 Å². The smallest absolute Gasteiger partial charge is 0.180 e. The van der Waals surface area contributed by atoms with Gasteiger partial charge in [0.2, 0.25) is 0 Å². The van der Waals surface area contributed by atoms with Gasteiger partial charge in [-0.3, -0.25) is 0 Å². The van der Waals surface area contributed by atoms with E-state index in [9.17, 15) is 0 Å². The fraction of sp³-hybridized carbons (Fsp3) is 0.176. The van der Waals surface area contributed by atoms with Crippen molar-refractivity contribution >= 4 is 22.1 Å². The van der Waals surface area contributed by atoms with Crippen LogP contribution in [-0.2, 0) is 0 Å². The third-order valence-corrected chi connectivity index (χ3v) is 3.20. The van der Waals surface area contributed by atoms with E-state index >= 15 is 0 Å². The van der Waals surface area contributed by atoms with Gasteiger partial charge in [-0.25, -0.2) is 0 Å². The van der Waals surface area contributed by atoms with Crippen LogP contribution in [0.2, 0.25) is 0 Å². The highest BCUT2D eigenvalue weighted by atomic mass is 32.1. The van der Waals surface area contributed by atoms with Crippen LogP contribution in [0.25, 0.3) is 10.8 Å². The third kappa shape index (κ3) is 4.08. The van der Waals surface area contributed by atoms with Gasteiger partial charge in [-0.1, -0.05) is 56.7 Å². The summed E-state index contributed by atoms with van der Waals surface area (Å²) in [4.78, 5) is 0. The first-order valence-corrected chi connectivity index (χ1v) is 7.42. The van der Waals surface area contributed by atoms with Crippen LogP contribution < -0.4 is 10.9 Å². The van der Waals surface area contributed by atoms with Gasteiger partial charge < -0.3 is 10.9 Å². The van der Waals surface area contributed by atoms with E-state index < -0.39 is 0 Å². The van der Waals surface area contributed by atoms with Crippen LogP contribution in [0.15, 0.2) is 60.0 Å². The van der Waals surface area contributed by atoms with Gasteiger partial charge >= 0.3 is 0 Å². The number of thiophene rings is 1. The molecule has 20 heavy (non-hydrogen) atoms. The summed E-state index contributed by atoms with van der Waals surface area (Å²) >= 11 is 1.60. The molecule has 0 amide bonds. The summed E-state index contributed by atoms with van der Waals surface area (Å²) in [6.07, 6.45) is 1.25. The van der Waals surface area contributed by atoms with Crippen LogP contribution in [-0.4, -0.2) is 0 Å². The van der Waals surface area contributed by atoms with Crippen LogP contribution in [0.1, 0.15) is 20.3 Å². The molecular formula is C17H21NOS. The highest BCUT2D eigenvalue weighted by Crippen LogP contribution is 2.31. The van der Waals surface area contributed by atoms with E-state index in [0.29, 0.717) is 0 Å². The van der Waals surface area contributed by atoms with Gasteiger partial charge in [0, 0.05) is 5.39 Å². The van der Waals surface area contributed by atoms with E-state index in [2.05, 4.69) is 32.0 Å². The first kappa shape index (κ1) is 16.2. The molecule has 3 N–H and O–H groups in total. The van der Waals surface area contributed by atoms with E-state index in [1.807, 2.05) is 41.8 Å². The lowest BCUT2D eigenvalue weighted by molar-refractivity contribution is 0.502. The molecule has 0 aliphatic rings. The molecule has 0 saturated carbocycles. The van der Waals surface area contributed by atoms with Gasteiger partial charge in [-0.2, -0.15) is 0 Å². The highest BCUT2D eigenvalue weighted by molar-refractivity contribution is 7.11. The van der Waals surface area contributed by atoms with Crippen molar-refractivity contribution in [3.8, 4) is 10.8 Å². The summed E-state index contributed by atoms with van der Waals surface area (Å²) in [5.74, 6) is 0.917. The Labute approximate surface area is 124 Å². The molecule has 1 heterocycles. The zero-order chi connectivity index (χ0) is 13.5. The monoisotopic (exact) mass is 287 g/mol. The Kier molecular flexibility index (Phi) is 6.77. The lowest BCUT2D eigenvalue weighted by Gasteiger charge is -2.06. The number of hydrogen-bond donors (Lipinski definition) is 1. The Morgan fingerprint density at radius 3 is 2.30 bits per heavy atom. The molecule has 0 aliphatic carbocycles. The average Bonchev–Trinajstić information content (AvgIpc) is 2.93. The molecule has 0 spiro atoms. The second-order valence-corrected chi connectivity index (χ2v) is 5.13. The van der Waals surface area contributed by atoms with Gasteiger partial charge in [0.25, 0.3) is 0 Å². The maximum Gasteiger partial charge on any atom is 0.180 e. The van der Waals surface area contributed by atoms with Crippen molar-refractivity contribution in [3.05, 3.63) is 60.0 Å². The molecule has 0 atom stereocenters. The molecule has 0 bridgehead atoms. The zero-order valence-corrected chi connectivity index (χ0v) is 12.8. The van der Waals surface area contributed by atoms with E-state index in [0.717, 1.165) is 16.2 Å². The minimum atomic E-state index is 0. The second kappa shape index (κ2) is 8.35. The van der Waals surface area contributed by atoms with Gasteiger partial charge in [-0.05, 0) is 29.0 Å². The SMILES string of the molecule is CCC.N.c1csc(Oc2cccc3ccccc23)c1. The molecule has 1 aromatic heterocycles. The normalized spacial score (nSPS) is 9.30. The average molecular weight is 287 g/mol. The summed E-state index contributed by atoms with van der Waals surface area (Å²) in [6.45, 7) is 4.25. The van der Waals surface area contributed by atoms with Crippen LogP contribution >= 0.6 is 11.3 Å². The van der Waals surface area contributed by atoms with Gasteiger partial charge in [-0.15, -0.1) is 11.3 Å². The predicted octanol–water partition coefficient (Wildman–Crippen LogP) is 6.27. The van der Waals surface area contributed by atoms with E-state index in [4.69, 9.17) is 4.74 Å². The zero-order valence-electron chi connectivity index (χ0n) is 12.0. The molecular weight excluding hydrogens is 266 g/mol. The lowest BCUT2D eigenvalue weighted by Crippen LogP contribution is -1.82. The maximum absolute atomic E-state index is 5.85. The molecule has 0 saturated heterocycles. The predicted molar refractivity (Wildman–Crippen MR) is 89.3 cm³/mol. The summed E-state index contributed by atoms with van der Waals surface area (Å²) in [6, 6.07) is 18.3. The van der Waals surface area contributed by atoms with Crippen molar-refractivity contribution in [1.29, 1.82) is 0 Å². The number of hydrogen-bond acceptors (Lipinski definition) is 3. The van der Waals surface area contributed by atoms with Gasteiger partial charge in [0.1, 0.15) is 5.75 Å². The number of benzene rings is 2. The summed E-state index contributed by atoms with van der Waals surface area (Å²) in [7, 11) is 0. The Morgan fingerprint density at radius 1 is 0.900 bits per heavy atom. The van der Waals surface area contributed by atoms with Crippen molar-refractivity contribution in [2.24, 2.45) is 0 Å². The van der Waals surface area contributed by atoms with Crippen molar-refractivity contribution in [1.82, 2.24) is 6.15 Å². The summed E-state index contributed by atoms with van der Waals surface area (Å²) in [5.41, 5.74) is 0. The summed E-state index contributed by atoms with van der Waals surface area (Å²) in [5, 5.41) is 5.30. The summed E-state index contributed by atoms with van der Waals surface area (Å²) < 4.78 is 5.85. The van der Waals surface area contributed by atoms with Crippen LogP contribution in [0.4, 0.5) is 0 Å². The molecule has 0 radical (unpaired) electrons. The van der Waals surface area contributed by atoms with Gasteiger partial charge in [0.05, 0.1) is 0 Å². The maximum atomic E-state index is 5.85. The molecule has 2 aromatic carbocycles. The fourth-order valence-electron chi connectivity index (χ4n) is 1.71. The lowest BCUT2D eigenvalue weighted by atomic mass is 10.1. The Morgan fingerprint density at radius 2 is 1.60 bits per heavy atom. The van der Waals surface area contributed by atoms with E-state index in [-0.39, 0.29) is 6.15 Å². The van der Waals surface area contributed by atoms with E-state index in [1.54, 1.807) is 11.3 Å². The van der Waals surface area contributed by atoms with Crippen molar-refractivity contribution in [3.63, 3.8) is 0 Å². The second-order valence-electron chi connectivity index (χ2n) is 4.22. The topological polar surface area (TPSA) is 44.2 Å². The van der Waals surface area contributed by atoms with Crippen molar-refractivity contribution in [2.75, 3.05) is 0 Å².